The zero-order chi connectivity index (χ0) is 14.8. The van der Waals surface area contributed by atoms with Crippen LogP contribution in [0.4, 0.5) is 13.2 Å². The van der Waals surface area contributed by atoms with E-state index in [0.717, 1.165) is 12.1 Å². The first-order valence-electron chi connectivity index (χ1n) is 5.65. The van der Waals surface area contributed by atoms with E-state index in [4.69, 9.17) is 11.6 Å². The van der Waals surface area contributed by atoms with Gasteiger partial charge >= 0.3 is 6.18 Å². The zero-order valence-electron chi connectivity index (χ0n) is 10.1. The molecule has 0 fully saturated rings. The van der Waals surface area contributed by atoms with Crippen LogP contribution >= 0.6 is 11.6 Å². The van der Waals surface area contributed by atoms with E-state index in [1.807, 2.05) is 0 Å². The third kappa shape index (κ3) is 2.99. The molecule has 0 aliphatic rings. The molecule has 2 aromatic rings. The van der Waals surface area contributed by atoms with E-state index < -0.39 is 17.7 Å². The predicted octanol–water partition coefficient (Wildman–Crippen LogP) is 4.08. The first kappa shape index (κ1) is 14.5. The molecule has 0 saturated heterocycles. The summed E-state index contributed by atoms with van der Waals surface area (Å²) >= 11 is 5.95. The SMILES string of the molecule is O=CC(c1ccc(C(F)(F)F)cc1)c1ccncc1Cl. The molecule has 0 aliphatic carbocycles. The molecule has 2 rings (SSSR count). The van der Waals surface area contributed by atoms with Crippen LogP contribution in [0.15, 0.2) is 42.7 Å². The summed E-state index contributed by atoms with van der Waals surface area (Å²) in [6.45, 7) is 0. The molecule has 0 spiro atoms. The molecule has 1 aromatic heterocycles. The highest BCUT2D eigenvalue weighted by Crippen LogP contribution is 2.32. The van der Waals surface area contributed by atoms with Crippen LogP contribution in [0, 0.1) is 0 Å². The Morgan fingerprint density at radius 3 is 2.30 bits per heavy atom. The summed E-state index contributed by atoms with van der Waals surface area (Å²) in [5.41, 5.74) is 0.198. The van der Waals surface area contributed by atoms with Crippen molar-refractivity contribution < 1.29 is 18.0 Å². The van der Waals surface area contributed by atoms with Crippen molar-refractivity contribution in [3.8, 4) is 0 Å². The zero-order valence-corrected chi connectivity index (χ0v) is 10.8. The first-order valence-corrected chi connectivity index (χ1v) is 6.03. The summed E-state index contributed by atoms with van der Waals surface area (Å²) in [5.74, 6) is -0.715. The number of carbonyl (C=O) groups excluding carboxylic acids is 1. The van der Waals surface area contributed by atoms with E-state index in [9.17, 15) is 18.0 Å². The fourth-order valence-corrected chi connectivity index (χ4v) is 2.09. The number of pyridine rings is 1. The number of rotatable bonds is 3. The lowest BCUT2D eigenvalue weighted by molar-refractivity contribution is -0.137. The fraction of sp³-hybridized carbons (Fsp3) is 0.143. The maximum Gasteiger partial charge on any atom is 0.416 e. The molecule has 104 valence electrons. The Morgan fingerprint density at radius 1 is 1.15 bits per heavy atom. The Bertz CT molecular complexity index is 611. The number of carbonyl (C=O) groups is 1. The Kier molecular flexibility index (Phi) is 4.09. The van der Waals surface area contributed by atoms with Gasteiger partial charge in [-0.1, -0.05) is 23.7 Å². The molecule has 0 amide bonds. The summed E-state index contributed by atoms with van der Waals surface area (Å²) in [4.78, 5) is 15.0. The van der Waals surface area contributed by atoms with Crippen LogP contribution in [0.2, 0.25) is 5.02 Å². The number of benzene rings is 1. The van der Waals surface area contributed by atoms with Crippen LogP contribution in [0.25, 0.3) is 0 Å². The van der Waals surface area contributed by atoms with Crippen LogP contribution in [-0.2, 0) is 11.0 Å². The van der Waals surface area contributed by atoms with Crippen LogP contribution in [-0.4, -0.2) is 11.3 Å². The fourth-order valence-electron chi connectivity index (χ4n) is 1.85. The van der Waals surface area contributed by atoms with Gasteiger partial charge in [0.05, 0.1) is 16.5 Å². The van der Waals surface area contributed by atoms with Crippen molar-refractivity contribution in [3.05, 3.63) is 64.4 Å². The first-order chi connectivity index (χ1) is 9.43. The lowest BCUT2D eigenvalue weighted by Crippen LogP contribution is -2.07. The molecule has 1 atom stereocenters. The monoisotopic (exact) mass is 299 g/mol. The molecular weight excluding hydrogens is 291 g/mol. The van der Waals surface area contributed by atoms with Gasteiger partial charge in [0.2, 0.25) is 0 Å². The largest absolute Gasteiger partial charge is 0.416 e. The molecule has 20 heavy (non-hydrogen) atoms. The molecule has 1 unspecified atom stereocenters. The molecule has 0 radical (unpaired) electrons. The summed E-state index contributed by atoms with van der Waals surface area (Å²) in [7, 11) is 0. The normalized spacial score (nSPS) is 13.0. The van der Waals surface area contributed by atoms with Gasteiger partial charge in [0, 0.05) is 12.4 Å². The van der Waals surface area contributed by atoms with Crippen molar-refractivity contribution in [2.75, 3.05) is 0 Å². The van der Waals surface area contributed by atoms with Crippen LogP contribution < -0.4 is 0 Å². The number of nitrogens with zero attached hydrogens (tertiary/aromatic N) is 1. The number of aldehydes is 1. The van der Waals surface area contributed by atoms with Crippen LogP contribution in [0.1, 0.15) is 22.6 Å². The van der Waals surface area contributed by atoms with Gasteiger partial charge in [0.15, 0.2) is 0 Å². The highest BCUT2D eigenvalue weighted by Gasteiger charge is 2.30. The Balaban J connectivity index is 2.39. The van der Waals surface area contributed by atoms with Crippen molar-refractivity contribution in [3.63, 3.8) is 0 Å². The second-order valence-electron chi connectivity index (χ2n) is 4.13. The van der Waals surface area contributed by atoms with Gasteiger partial charge < -0.3 is 4.79 Å². The lowest BCUT2D eigenvalue weighted by Gasteiger charge is -2.14. The van der Waals surface area contributed by atoms with E-state index in [-0.39, 0.29) is 0 Å². The van der Waals surface area contributed by atoms with Crippen molar-refractivity contribution in [1.29, 1.82) is 0 Å². The van der Waals surface area contributed by atoms with Crippen molar-refractivity contribution in [2.24, 2.45) is 0 Å². The van der Waals surface area contributed by atoms with E-state index in [0.29, 0.717) is 22.4 Å². The van der Waals surface area contributed by atoms with Crippen LogP contribution in [0.5, 0.6) is 0 Å². The maximum absolute atomic E-state index is 12.5. The molecule has 6 heteroatoms. The van der Waals surface area contributed by atoms with Gasteiger partial charge in [-0.15, -0.1) is 0 Å². The third-order valence-electron chi connectivity index (χ3n) is 2.87. The molecule has 0 aliphatic heterocycles. The highest BCUT2D eigenvalue weighted by atomic mass is 35.5. The number of halogens is 4. The average Bonchev–Trinajstić information content (AvgIpc) is 2.41. The number of hydrogen-bond acceptors (Lipinski definition) is 2. The van der Waals surface area contributed by atoms with E-state index >= 15 is 0 Å². The molecule has 1 aromatic carbocycles. The second-order valence-corrected chi connectivity index (χ2v) is 4.54. The van der Waals surface area contributed by atoms with Crippen molar-refractivity contribution >= 4 is 17.9 Å². The highest BCUT2D eigenvalue weighted by molar-refractivity contribution is 6.31. The Morgan fingerprint density at radius 2 is 1.80 bits per heavy atom. The van der Waals surface area contributed by atoms with E-state index in [1.165, 1.54) is 24.5 Å². The molecular formula is C14H9ClF3NO. The third-order valence-corrected chi connectivity index (χ3v) is 3.19. The topological polar surface area (TPSA) is 30.0 Å². The van der Waals surface area contributed by atoms with Crippen molar-refractivity contribution in [1.82, 2.24) is 4.98 Å². The number of alkyl halides is 3. The van der Waals surface area contributed by atoms with Gasteiger partial charge in [-0.3, -0.25) is 4.98 Å². The minimum atomic E-state index is -4.40. The molecule has 0 N–H and O–H groups in total. The van der Waals surface area contributed by atoms with Crippen molar-refractivity contribution in [2.45, 2.75) is 12.1 Å². The molecule has 0 saturated carbocycles. The van der Waals surface area contributed by atoms with Gasteiger partial charge in [-0.05, 0) is 29.3 Å². The van der Waals surface area contributed by atoms with E-state index in [2.05, 4.69) is 4.98 Å². The molecule has 1 heterocycles. The Labute approximate surface area is 118 Å². The Hall–Kier alpha value is -1.88. The quantitative estimate of drug-likeness (QED) is 0.799. The second kappa shape index (κ2) is 5.63. The minimum Gasteiger partial charge on any atom is -0.302 e. The van der Waals surface area contributed by atoms with Gasteiger partial charge in [0.1, 0.15) is 6.29 Å². The lowest BCUT2D eigenvalue weighted by atomic mass is 9.92. The van der Waals surface area contributed by atoms with Gasteiger partial charge in [-0.2, -0.15) is 13.2 Å². The summed E-state index contributed by atoms with van der Waals surface area (Å²) in [6.07, 6.45) is -0.896. The number of aromatic nitrogens is 1. The number of hydrogen-bond donors (Lipinski definition) is 0. The molecule has 2 nitrogen and oxygen atoms in total. The summed E-state index contributed by atoms with van der Waals surface area (Å²) in [5, 5.41) is 0.296. The van der Waals surface area contributed by atoms with Gasteiger partial charge in [0.25, 0.3) is 0 Å². The van der Waals surface area contributed by atoms with E-state index in [1.54, 1.807) is 6.07 Å². The minimum absolute atomic E-state index is 0.296. The standard InChI is InChI=1S/C14H9ClF3NO/c15-13-7-19-6-5-11(13)12(8-20)9-1-3-10(4-2-9)14(16,17)18/h1-8,12H. The summed E-state index contributed by atoms with van der Waals surface area (Å²) < 4.78 is 37.5. The maximum atomic E-state index is 12.5. The van der Waals surface area contributed by atoms with Crippen LogP contribution in [0.3, 0.4) is 0 Å². The average molecular weight is 300 g/mol. The smallest absolute Gasteiger partial charge is 0.302 e. The predicted molar refractivity (Wildman–Crippen MR) is 68.6 cm³/mol. The van der Waals surface area contributed by atoms with Gasteiger partial charge in [-0.25, -0.2) is 0 Å². The summed E-state index contributed by atoms with van der Waals surface area (Å²) in [6, 6.07) is 6.01. The molecule has 0 bridgehead atoms.